The van der Waals surface area contributed by atoms with Crippen LogP contribution in [0.15, 0.2) is 0 Å². The number of unbranched alkanes of at least 4 members (excludes halogenated alkanes) is 13. The van der Waals surface area contributed by atoms with Gasteiger partial charge in [-0.05, 0) is 131 Å². The highest BCUT2D eigenvalue weighted by molar-refractivity contribution is 5.38. The maximum atomic E-state index is 6.61. The average molecular weight is 1100 g/mol. The van der Waals surface area contributed by atoms with Crippen molar-refractivity contribution in [3.63, 3.8) is 0 Å². The summed E-state index contributed by atoms with van der Waals surface area (Å²) in [5.74, 6) is 2.93. The van der Waals surface area contributed by atoms with Crippen LogP contribution in [-0.4, -0.2) is 139 Å². The Labute approximate surface area is 472 Å². The third-order valence-electron chi connectivity index (χ3n) is 16.1. The zero-order valence-electron chi connectivity index (χ0n) is 51.1. The van der Waals surface area contributed by atoms with Gasteiger partial charge >= 0.3 is 12.0 Å². The van der Waals surface area contributed by atoms with E-state index in [-0.39, 0.29) is 46.4 Å². The van der Waals surface area contributed by atoms with E-state index >= 15 is 0 Å². The standard InChI is InChI=1S/C60H110N12O6/c1-13-17-19-21-25-29-35-77-71-57(5,6)37-45(38-58(71,7)8)49(31-15-3)63-53-65-51(67-55(69-53)75-43-47-41-73-47)61-33-27-23-24-28-34-62-52-66-54(70-56(68-52)76-44-48-42-74-48)64-50(32-16-4)46-39-59(9,10)72(60(11,12)40-46)78-36-30-26-22-20-18-14-2/h45-50H,13-44H2,1-12H3,(H2,61,63,65,67,69)(H2,62,64,66,68,70). The Kier molecular flexibility index (Phi) is 25.9. The van der Waals surface area contributed by atoms with E-state index in [9.17, 15) is 0 Å². The number of nitrogens with one attached hydrogen (secondary N) is 4. The summed E-state index contributed by atoms with van der Waals surface area (Å²) in [5, 5.41) is 19.2. The summed E-state index contributed by atoms with van der Waals surface area (Å²) in [6, 6.07) is 0.993. The van der Waals surface area contributed by atoms with Crippen LogP contribution in [0.3, 0.4) is 0 Å². The van der Waals surface area contributed by atoms with E-state index in [1.54, 1.807) is 0 Å². The third kappa shape index (κ3) is 21.5. The van der Waals surface area contributed by atoms with Crippen molar-refractivity contribution in [1.82, 2.24) is 40.0 Å². The first-order valence-corrected chi connectivity index (χ1v) is 31.3. The molecule has 2 aromatic rings. The van der Waals surface area contributed by atoms with Gasteiger partial charge in [-0.2, -0.15) is 40.0 Å². The lowest BCUT2D eigenvalue weighted by Crippen LogP contribution is -2.62. The Morgan fingerprint density at radius 2 is 0.782 bits per heavy atom. The smallest absolute Gasteiger partial charge is 0.323 e. The number of hydrogen-bond acceptors (Lipinski definition) is 18. The summed E-state index contributed by atoms with van der Waals surface area (Å²) >= 11 is 0. The van der Waals surface area contributed by atoms with Crippen molar-refractivity contribution in [1.29, 1.82) is 0 Å². The lowest BCUT2D eigenvalue weighted by molar-refractivity contribution is -0.289. The van der Waals surface area contributed by atoms with Crippen molar-refractivity contribution >= 4 is 23.8 Å². The summed E-state index contributed by atoms with van der Waals surface area (Å²) in [6.07, 6.45) is 27.4. The Bertz CT molecular complexity index is 1830. The highest BCUT2D eigenvalue weighted by Gasteiger charge is 2.50. The zero-order valence-corrected chi connectivity index (χ0v) is 51.1. The SMILES string of the molecule is CCCCCCCCON1C(C)(C)CC(C(CCC)Nc2nc(NCCCCCCNc3nc(NC(CCC)C4CC(C)(C)N(OCCCCCCCC)C(C)(C)C4)nc(OCC4CO4)n3)nc(OCC3CO3)n2)CC1(C)C. The maximum absolute atomic E-state index is 6.61. The quantitative estimate of drug-likeness (QED) is 0.0362. The van der Waals surface area contributed by atoms with Crippen molar-refractivity contribution in [2.45, 2.75) is 284 Å². The lowest BCUT2D eigenvalue weighted by atomic mass is 9.71. The van der Waals surface area contributed by atoms with Gasteiger partial charge in [0.2, 0.25) is 23.8 Å². The number of epoxide rings is 2. The predicted molar refractivity (Wildman–Crippen MR) is 314 cm³/mol. The van der Waals surface area contributed by atoms with Gasteiger partial charge in [0.1, 0.15) is 25.4 Å². The Morgan fingerprint density at radius 1 is 0.449 bits per heavy atom. The topological polar surface area (TPSA) is 194 Å². The number of hydroxylamine groups is 4. The maximum Gasteiger partial charge on any atom is 0.323 e. The Hall–Kier alpha value is -3.42. The molecule has 0 spiro atoms. The number of rotatable bonds is 41. The second-order valence-corrected chi connectivity index (χ2v) is 25.8. The van der Waals surface area contributed by atoms with Crippen LogP contribution in [0.5, 0.6) is 12.0 Å². The van der Waals surface area contributed by atoms with Gasteiger partial charge in [0, 0.05) is 47.3 Å². The number of nitrogens with zero attached hydrogens (tertiary/aromatic N) is 8. The van der Waals surface area contributed by atoms with Crippen LogP contribution in [0, 0.1) is 11.8 Å². The number of hydrogen-bond donors (Lipinski definition) is 4. The van der Waals surface area contributed by atoms with E-state index in [1.807, 2.05) is 0 Å². The van der Waals surface area contributed by atoms with Crippen molar-refractivity contribution in [3.8, 4) is 12.0 Å². The van der Waals surface area contributed by atoms with Gasteiger partial charge in [-0.15, -0.1) is 0 Å². The van der Waals surface area contributed by atoms with Crippen LogP contribution in [0.2, 0.25) is 0 Å². The van der Waals surface area contributed by atoms with Gasteiger partial charge < -0.3 is 40.2 Å². The number of ether oxygens (including phenoxy) is 4. The van der Waals surface area contributed by atoms with Crippen molar-refractivity contribution in [2.24, 2.45) is 11.8 Å². The van der Waals surface area contributed by atoms with Crippen molar-refractivity contribution < 1.29 is 28.6 Å². The first kappa shape index (κ1) is 63.8. The molecule has 4 atom stereocenters. The zero-order chi connectivity index (χ0) is 56.0. The van der Waals surface area contributed by atoms with Gasteiger partial charge in [-0.3, -0.25) is 9.68 Å². The van der Waals surface area contributed by atoms with Gasteiger partial charge in [0.25, 0.3) is 0 Å². The molecule has 446 valence electrons. The largest absolute Gasteiger partial charge is 0.460 e. The summed E-state index contributed by atoms with van der Waals surface area (Å²) in [5.41, 5.74) is -0.518. The first-order valence-electron chi connectivity index (χ1n) is 31.3. The van der Waals surface area contributed by atoms with Crippen LogP contribution in [0.25, 0.3) is 0 Å². The second kappa shape index (κ2) is 31.7. The molecule has 2 aromatic heterocycles. The molecule has 0 aromatic carbocycles. The molecule has 0 bridgehead atoms. The lowest BCUT2D eigenvalue weighted by Gasteiger charge is -2.55. The van der Waals surface area contributed by atoms with Crippen LogP contribution < -0.4 is 30.7 Å². The number of aromatic nitrogens is 6. The molecule has 4 N–H and O–H groups in total. The molecule has 4 saturated heterocycles. The van der Waals surface area contributed by atoms with Crippen molar-refractivity contribution in [3.05, 3.63) is 0 Å². The molecule has 4 unspecified atom stereocenters. The highest BCUT2D eigenvalue weighted by atomic mass is 16.7. The molecule has 6 heterocycles. The monoisotopic (exact) mass is 1090 g/mol. The fourth-order valence-electron chi connectivity index (χ4n) is 12.6. The highest BCUT2D eigenvalue weighted by Crippen LogP contribution is 2.46. The molecule has 0 amide bonds. The van der Waals surface area contributed by atoms with E-state index in [1.165, 1.54) is 64.2 Å². The van der Waals surface area contributed by atoms with Crippen LogP contribution >= 0.6 is 0 Å². The van der Waals surface area contributed by atoms with E-state index < -0.39 is 0 Å². The van der Waals surface area contributed by atoms with Crippen LogP contribution in [-0.2, 0) is 19.1 Å². The molecule has 4 aliphatic heterocycles. The van der Waals surface area contributed by atoms with Crippen LogP contribution in [0.1, 0.15) is 237 Å². The normalized spacial score (nSPS) is 21.7. The fraction of sp³-hybridized carbons (Fsp3) is 0.900. The van der Waals surface area contributed by atoms with E-state index in [0.29, 0.717) is 74.1 Å². The molecule has 0 radical (unpaired) electrons. The molecule has 0 aliphatic carbocycles. The van der Waals surface area contributed by atoms with Gasteiger partial charge in [0.15, 0.2) is 0 Å². The van der Waals surface area contributed by atoms with E-state index in [4.69, 9.17) is 58.5 Å². The molecule has 0 saturated carbocycles. The molecular formula is C60H110N12O6. The minimum Gasteiger partial charge on any atom is -0.460 e. The second-order valence-electron chi connectivity index (χ2n) is 25.8. The van der Waals surface area contributed by atoms with Gasteiger partial charge in [-0.25, -0.2) is 0 Å². The van der Waals surface area contributed by atoms with Crippen LogP contribution in [0.4, 0.5) is 23.8 Å². The summed E-state index contributed by atoms with van der Waals surface area (Å²) in [7, 11) is 0. The average Bonchev–Trinajstić information content (AvgIpc) is 4.33. The fourth-order valence-corrected chi connectivity index (χ4v) is 12.6. The minimum absolute atomic E-state index is 0.0918. The van der Waals surface area contributed by atoms with Gasteiger partial charge in [-0.1, -0.05) is 118 Å². The van der Waals surface area contributed by atoms with Crippen molar-refractivity contribution in [2.75, 3.05) is 74.0 Å². The van der Waals surface area contributed by atoms with E-state index in [2.05, 4.69) is 114 Å². The molecule has 78 heavy (non-hydrogen) atoms. The number of piperidine rings is 2. The summed E-state index contributed by atoms with van der Waals surface area (Å²) < 4.78 is 23.0. The summed E-state index contributed by atoms with van der Waals surface area (Å²) in [6.45, 7) is 33.0. The molecule has 6 rings (SSSR count). The minimum atomic E-state index is -0.130. The Morgan fingerprint density at radius 3 is 1.13 bits per heavy atom. The molecule has 18 nitrogen and oxygen atoms in total. The number of anilines is 4. The van der Waals surface area contributed by atoms with E-state index in [0.717, 1.165) is 116 Å². The Balaban J connectivity index is 0.991. The molecule has 4 aliphatic rings. The molecule has 4 fully saturated rings. The predicted octanol–water partition coefficient (Wildman–Crippen LogP) is 13.0. The molecule has 18 heteroatoms. The molecular weight excluding hydrogens is 985 g/mol. The third-order valence-corrected chi connectivity index (χ3v) is 16.1. The summed E-state index contributed by atoms with van der Waals surface area (Å²) in [4.78, 5) is 42.0. The van der Waals surface area contributed by atoms with Gasteiger partial charge in [0.05, 0.1) is 26.4 Å². The first-order chi connectivity index (χ1) is 37.4.